The van der Waals surface area contributed by atoms with Crippen molar-refractivity contribution in [3.8, 4) is 0 Å². The van der Waals surface area contributed by atoms with E-state index in [1.807, 2.05) is 20.2 Å². The Labute approximate surface area is 85.8 Å². The van der Waals surface area contributed by atoms with E-state index in [9.17, 15) is 0 Å². The van der Waals surface area contributed by atoms with Crippen molar-refractivity contribution in [3.63, 3.8) is 0 Å². The number of nitrogens with two attached hydrogens (primary N) is 1. The Hall–Kier alpha value is -1.16. The van der Waals surface area contributed by atoms with Crippen LogP contribution in [-0.2, 0) is 0 Å². The zero-order valence-corrected chi connectivity index (χ0v) is 9.01. The molecule has 14 heavy (non-hydrogen) atoms. The fourth-order valence-electron chi connectivity index (χ4n) is 1.67. The molecule has 0 saturated carbocycles. The van der Waals surface area contributed by atoms with Crippen molar-refractivity contribution < 1.29 is 0 Å². The molecule has 4 nitrogen and oxygen atoms in total. The van der Waals surface area contributed by atoms with Crippen molar-refractivity contribution in [2.24, 2.45) is 5.73 Å². The lowest BCUT2D eigenvalue weighted by molar-refractivity contribution is 0.303. The summed E-state index contributed by atoms with van der Waals surface area (Å²) in [7, 11) is 1.86. The molecule has 0 bridgehead atoms. The molecule has 1 saturated heterocycles. The van der Waals surface area contributed by atoms with Crippen molar-refractivity contribution >= 4 is 0 Å². The van der Waals surface area contributed by atoms with E-state index in [0.29, 0.717) is 0 Å². The minimum absolute atomic E-state index is 0.803. The molecule has 1 heterocycles. The highest BCUT2D eigenvalue weighted by molar-refractivity contribution is 5.26. The molecule has 0 amide bonds. The SMILES string of the molecule is C/C=C(\C(N)=C/NC)N1CCNCC1. The van der Waals surface area contributed by atoms with Crippen molar-refractivity contribution in [1.82, 2.24) is 15.5 Å². The number of hydrogen-bond donors (Lipinski definition) is 3. The average molecular weight is 196 g/mol. The van der Waals surface area contributed by atoms with Gasteiger partial charge in [0.2, 0.25) is 0 Å². The lowest BCUT2D eigenvalue weighted by Gasteiger charge is -2.31. The molecule has 1 rings (SSSR count). The van der Waals surface area contributed by atoms with E-state index in [2.05, 4.69) is 21.6 Å². The number of rotatable bonds is 3. The first-order valence-corrected chi connectivity index (χ1v) is 5.05. The van der Waals surface area contributed by atoms with E-state index in [1.165, 1.54) is 0 Å². The van der Waals surface area contributed by atoms with Gasteiger partial charge in [-0.15, -0.1) is 0 Å². The molecule has 1 aliphatic heterocycles. The fraction of sp³-hybridized carbons (Fsp3) is 0.600. The smallest absolute Gasteiger partial charge is 0.0707 e. The molecule has 1 fully saturated rings. The van der Waals surface area contributed by atoms with Gasteiger partial charge in [-0.2, -0.15) is 0 Å². The molecule has 0 atom stereocenters. The zero-order chi connectivity index (χ0) is 10.4. The predicted octanol–water partition coefficient (Wildman–Crippen LogP) is -0.185. The van der Waals surface area contributed by atoms with E-state index < -0.39 is 0 Å². The maximum absolute atomic E-state index is 5.94. The Morgan fingerprint density at radius 2 is 2.07 bits per heavy atom. The van der Waals surface area contributed by atoms with Crippen LogP contribution in [0.5, 0.6) is 0 Å². The normalized spacial score (nSPS) is 19.7. The maximum atomic E-state index is 5.94. The van der Waals surface area contributed by atoms with Crippen molar-refractivity contribution in [2.45, 2.75) is 6.92 Å². The Morgan fingerprint density at radius 3 is 2.57 bits per heavy atom. The molecule has 1 aliphatic rings. The average Bonchev–Trinajstić information content (AvgIpc) is 2.21. The minimum atomic E-state index is 0.803. The van der Waals surface area contributed by atoms with Gasteiger partial charge in [-0.1, -0.05) is 6.08 Å². The first-order chi connectivity index (χ1) is 6.79. The fourth-order valence-corrected chi connectivity index (χ4v) is 1.67. The second-order valence-corrected chi connectivity index (χ2v) is 3.30. The van der Waals surface area contributed by atoms with Crippen LogP contribution in [0.25, 0.3) is 0 Å². The van der Waals surface area contributed by atoms with Crippen LogP contribution >= 0.6 is 0 Å². The summed E-state index contributed by atoms with van der Waals surface area (Å²) in [5, 5.41) is 6.27. The van der Waals surface area contributed by atoms with Crippen LogP contribution in [0.2, 0.25) is 0 Å². The molecule has 4 N–H and O–H groups in total. The second-order valence-electron chi connectivity index (χ2n) is 3.30. The van der Waals surface area contributed by atoms with Gasteiger partial charge in [0.05, 0.1) is 11.4 Å². The third-order valence-electron chi connectivity index (χ3n) is 2.33. The lowest BCUT2D eigenvalue weighted by atomic mass is 10.2. The van der Waals surface area contributed by atoms with Crippen LogP contribution in [0.1, 0.15) is 6.92 Å². The van der Waals surface area contributed by atoms with Gasteiger partial charge < -0.3 is 21.3 Å². The monoisotopic (exact) mass is 196 g/mol. The lowest BCUT2D eigenvalue weighted by Crippen LogP contribution is -2.43. The number of nitrogens with one attached hydrogen (secondary N) is 2. The highest BCUT2D eigenvalue weighted by Gasteiger charge is 2.13. The van der Waals surface area contributed by atoms with Crippen LogP contribution in [0.15, 0.2) is 23.7 Å². The molecule has 0 aromatic heterocycles. The summed E-state index contributed by atoms with van der Waals surface area (Å²) in [5.74, 6) is 0. The first-order valence-electron chi connectivity index (χ1n) is 5.05. The molecule has 0 aromatic rings. The molecule has 80 valence electrons. The summed E-state index contributed by atoms with van der Waals surface area (Å²) >= 11 is 0. The highest BCUT2D eigenvalue weighted by Crippen LogP contribution is 2.10. The van der Waals surface area contributed by atoms with Crippen LogP contribution in [0, 0.1) is 0 Å². The van der Waals surface area contributed by atoms with E-state index in [-0.39, 0.29) is 0 Å². The Bertz CT molecular complexity index is 226. The molecule has 0 aliphatic carbocycles. The van der Waals surface area contributed by atoms with Crippen LogP contribution in [0.4, 0.5) is 0 Å². The summed E-state index contributed by atoms with van der Waals surface area (Å²) in [6.07, 6.45) is 3.89. The second kappa shape index (κ2) is 5.54. The minimum Gasteiger partial charge on any atom is -0.396 e. The molecule has 0 spiro atoms. The van der Waals surface area contributed by atoms with Gasteiger partial charge in [0.25, 0.3) is 0 Å². The van der Waals surface area contributed by atoms with Crippen molar-refractivity contribution in [3.05, 3.63) is 23.7 Å². The zero-order valence-electron chi connectivity index (χ0n) is 9.01. The van der Waals surface area contributed by atoms with E-state index in [4.69, 9.17) is 5.73 Å². The first kappa shape index (κ1) is 10.9. The van der Waals surface area contributed by atoms with Gasteiger partial charge >= 0.3 is 0 Å². The molecular formula is C10H20N4. The third kappa shape index (κ3) is 2.67. The van der Waals surface area contributed by atoms with Gasteiger partial charge in [0, 0.05) is 39.4 Å². The Morgan fingerprint density at radius 1 is 1.43 bits per heavy atom. The van der Waals surface area contributed by atoms with Gasteiger partial charge in [-0.25, -0.2) is 0 Å². The van der Waals surface area contributed by atoms with Crippen LogP contribution in [-0.4, -0.2) is 38.1 Å². The predicted molar refractivity (Wildman–Crippen MR) is 59.5 cm³/mol. The van der Waals surface area contributed by atoms with E-state index >= 15 is 0 Å². The number of hydrogen-bond acceptors (Lipinski definition) is 4. The van der Waals surface area contributed by atoms with Crippen molar-refractivity contribution in [1.29, 1.82) is 0 Å². The van der Waals surface area contributed by atoms with Crippen LogP contribution < -0.4 is 16.4 Å². The Kier molecular flexibility index (Phi) is 4.32. The van der Waals surface area contributed by atoms with Crippen LogP contribution in [0.3, 0.4) is 0 Å². The van der Waals surface area contributed by atoms with Crippen molar-refractivity contribution in [2.75, 3.05) is 33.2 Å². The van der Waals surface area contributed by atoms with Gasteiger partial charge in [-0.05, 0) is 6.92 Å². The van der Waals surface area contributed by atoms with E-state index in [1.54, 1.807) is 0 Å². The third-order valence-corrected chi connectivity index (χ3v) is 2.33. The summed E-state index contributed by atoms with van der Waals surface area (Å²) in [6, 6.07) is 0. The maximum Gasteiger partial charge on any atom is 0.0707 e. The van der Waals surface area contributed by atoms with Gasteiger partial charge in [0.1, 0.15) is 0 Å². The summed E-state index contributed by atoms with van der Waals surface area (Å²) in [4.78, 5) is 2.31. The Balaban J connectivity index is 2.65. The molecule has 0 unspecified atom stereocenters. The quantitative estimate of drug-likeness (QED) is 0.548. The molecule has 0 aromatic carbocycles. The van der Waals surface area contributed by atoms with Gasteiger partial charge in [-0.3, -0.25) is 0 Å². The molecular weight excluding hydrogens is 176 g/mol. The topological polar surface area (TPSA) is 53.3 Å². The van der Waals surface area contributed by atoms with E-state index in [0.717, 1.165) is 37.6 Å². The summed E-state index contributed by atoms with van der Waals surface area (Å²) in [6.45, 7) is 6.14. The summed E-state index contributed by atoms with van der Waals surface area (Å²) in [5.41, 5.74) is 7.87. The highest BCUT2D eigenvalue weighted by atomic mass is 15.2. The van der Waals surface area contributed by atoms with Gasteiger partial charge in [0.15, 0.2) is 0 Å². The summed E-state index contributed by atoms with van der Waals surface area (Å²) < 4.78 is 0. The number of allylic oxidation sites excluding steroid dienone is 1. The molecule has 4 heteroatoms. The number of nitrogens with zero attached hydrogens (tertiary/aromatic N) is 1. The number of piperazine rings is 1. The largest absolute Gasteiger partial charge is 0.396 e. The molecule has 0 radical (unpaired) electrons. The standard InChI is InChI=1S/C10H20N4/c1-3-10(9(11)8-12-2)14-6-4-13-5-7-14/h3,8,12-13H,4-7,11H2,1-2H3/b9-8+,10-3+.